The summed E-state index contributed by atoms with van der Waals surface area (Å²) >= 11 is 0. The lowest BCUT2D eigenvalue weighted by Gasteiger charge is -2.63. The summed E-state index contributed by atoms with van der Waals surface area (Å²) in [6.45, 7) is 7.80. The first-order chi connectivity index (χ1) is 13.3. The van der Waals surface area contributed by atoms with Gasteiger partial charge in [-0.1, -0.05) is 13.8 Å². The normalized spacial score (nSPS) is 50.5. The Morgan fingerprint density at radius 2 is 1.82 bits per heavy atom. The van der Waals surface area contributed by atoms with Crippen LogP contribution in [0.5, 0.6) is 0 Å². The maximum absolute atomic E-state index is 11.9. The molecule has 160 valence electrons. The molecule has 4 heteroatoms. The minimum absolute atomic E-state index is 0.000856. The third kappa shape index (κ3) is 2.96. The summed E-state index contributed by atoms with van der Waals surface area (Å²) in [4.78, 5) is 11.9. The van der Waals surface area contributed by atoms with Crippen LogP contribution in [-0.2, 0) is 9.53 Å². The zero-order chi connectivity index (χ0) is 20.2. The van der Waals surface area contributed by atoms with Gasteiger partial charge in [-0.25, -0.2) is 0 Å². The predicted octanol–water partition coefficient (Wildman–Crippen LogP) is 4.89. The Morgan fingerprint density at radius 1 is 1.04 bits per heavy atom. The molecule has 4 nitrogen and oxygen atoms in total. The molecule has 2 N–H and O–H groups in total. The first-order valence-corrected chi connectivity index (χ1v) is 11.8. The molecular formula is C24H40O4. The van der Waals surface area contributed by atoms with E-state index in [0.29, 0.717) is 36.4 Å². The number of ether oxygens (including phenoxy) is 1. The summed E-state index contributed by atoms with van der Waals surface area (Å²) in [6, 6.07) is 0. The third-order valence-electron chi connectivity index (χ3n) is 10.1. The molecule has 0 amide bonds. The van der Waals surface area contributed by atoms with Crippen LogP contribution in [0.4, 0.5) is 0 Å². The molecule has 0 aromatic heterocycles. The van der Waals surface area contributed by atoms with Crippen LogP contribution < -0.4 is 0 Å². The van der Waals surface area contributed by atoms with Crippen LogP contribution >= 0.6 is 0 Å². The van der Waals surface area contributed by atoms with Gasteiger partial charge in [0.2, 0.25) is 0 Å². The topological polar surface area (TPSA) is 66.8 Å². The quantitative estimate of drug-likeness (QED) is 0.699. The van der Waals surface area contributed by atoms with Crippen molar-refractivity contribution < 1.29 is 19.7 Å². The highest BCUT2D eigenvalue weighted by molar-refractivity contribution is 5.71. The number of hydrogen-bond donors (Lipinski definition) is 2. The number of carboxylic acids is 1. The average molecular weight is 393 g/mol. The maximum Gasteiger partial charge on any atom is 0.307 e. The summed E-state index contributed by atoms with van der Waals surface area (Å²) < 4.78 is 5.63. The fourth-order valence-electron chi connectivity index (χ4n) is 8.67. The van der Waals surface area contributed by atoms with Crippen LogP contribution in [0.3, 0.4) is 0 Å². The number of carbonyl (C=O) groups is 1. The molecule has 4 rings (SSSR count). The number of hydrogen-bond acceptors (Lipinski definition) is 3. The smallest absolute Gasteiger partial charge is 0.307 e. The van der Waals surface area contributed by atoms with Crippen molar-refractivity contribution in [2.45, 2.75) is 90.6 Å². The highest BCUT2D eigenvalue weighted by Gasteiger charge is 2.63. The van der Waals surface area contributed by atoms with Gasteiger partial charge in [-0.05, 0) is 106 Å². The van der Waals surface area contributed by atoms with Crippen LogP contribution in [0.2, 0.25) is 0 Å². The van der Waals surface area contributed by atoms with Gasteiger partial charge in [-0.2, -0.15) is 0 Å². The van der Waals surface area contributed by atoms with Gasteiger partial charge in [-0.3, -0.25) is 4.79 Å². The van der Waals surface area contributed by atoms with Crippen LogP contribution in [-0.4, -0.2) is 35.0 Å². The van der Waals surface area contributed by atoms with Crippen molar-refractivity contribution in [1.82, 2.24) is 0 Å². The van der Waals surface area contributed by atoms with Crippen molar-refractivity contribution in [1.29, 1.82) is 0 Å². The first-order valence-electron chi connectivity index (χ1n) is 11.8. The molecule has 0 heterocycles. The molecule has 0 unspecified atom stereocenters. The minimum atomic E-state index is -0.642. The lowest BCUT2D eigenvalue weighted by atomic mass is 9.43. The number of aliphatic hydroxyl groups is 1. The number of aliphatic carboxylic acids is 1. The molecule has 4 fully saturated rings. The molecule has 0 radical (unpaired) electrons. The Balaban J connectivity index is 1.57. The van der Waals surface area contributed by atoms with Gasteiger partial charge >= 0.3 is 5.97 Å². The van der Waals surface area contributed by atoms with Gasteiger partial charge < -0.3 is 14.9 Å². The van der Waals surface area contributed by atoms with Gasteiger partial charge in [0.05, 0.1) is 18.1 Å². The van der Waals surface area contributed by atoms with Gasteiger partial charge in [0.15, 0.2) is 0 Å². The van der Waals surface area contributed by atoms with E-state index in [1.165, 1.54) is 25.7 Å². The molecule has 0 aliphatic heterocycles. The summed E-state index contributed by atoms with van der Waals surface area (Å²) in [5.74, 6) is 1.88. The van der Waals surface area contributed by atoms with E-state index < -0.39 is 11.6 Å². The molecule has 4 aliphatic rings. The predicted molar refractivity (Wildman–Crippen MR) is 109 cm³/mol. The second-order valence-electron chi connectivity index (χ2n) is 10.8. The van der Waals surface area contributed by atoms with E-state index in [1.54, 1.807) is 0 Å². The van der Waals surface area contributed by atoms with Gasteiger partial charge in [0.25, 0.3) is 0 Å². The van der Waals surface area contributed by atoms with Crippen molar-refractivity contribution >= 4 is 5.97 Å². The maximum atomic E-state index is 11.9. The highest BCUT2D eigenvalue weighted by Crippen LogP contribution is 2.68. The van der Waals surface area contributed by atoms with Crippen LogP contribution in [0.15, 0.2) is 0 Å². The van der Waals surface area contributed by atoms with Crippen LogP contribution in [0.1, 0.15) is 85.0 Å². The zero-order valence-electron chi connectivity index (χ0n) is 18.1. The number of rotatable bonds is 5. The third-order valence-corrected chi connectivity index (χ3v) is 10.1. The molecule has 4 aliphatic carbocycles. The lowest BCUT2D eigenvalue weighted by Crippen LogP contribution is -2.57. The second-order valence-corrected chi connectivity index (χ2v) is 10.8. The molecular weight excluding hydrogens is 352 g/mol. The van der Waals surface area contributed by atoms with Crippen molar-refractivity contribution in [3.05, 3.63) is 0 Å². The fourth-order valence-corrected chi connectivity index (χ4v) is 8.67. The van der Waals surface area contributed by atoms with E-state index in [2.05, 4.69) is 13.8 Å². The monoisotopic (exact) mass is 392 g/mol. The van der Waals surface area contributed by atoms with Crippen molar-refractivity contribution in [2.24, 2.45) is 40.4 Å². The molecule has 0 aromatic carbocycles. The summed E-state index contributed by atoms with van der Waals surface area (Å²) in [6.07, 6.45) is 10.7. The van der Waals surface area contributed by atoms with Crippen molar-refractivity contribution in [2.75, 3.05) is 13.2 Å². The SMILES string of the molecule is CCOC[C@@]1(O)CC[C@@]2(CC)[C@@H](CC[C@H]3[C@@H]4CC[C@H](C(=O)O)[C@@]4(C)CC[C@@H]32)C1. The van der Waals surface area contributed by atoms with E-state index in [4.69, 9.17) is 4.74 Å². The zero-order valence-corrected chi connectivity index (χ0v) is 18.1. The van der Waals surface area contributed by atoms with E-state index in [0.717, 1.165) is 44.4 Å². The number of carboxylic acid groups (broad SMARTS) is 1. The summed E-state index contributed by atoms with van der Waals surface area (Å²) in [7, 11) is 0. The van der Waals surface area contributed by atoms with Gasteiger partial charge in [-0.15, -0.1) is 0 Å². The van der Waals surface area contributed by atoms with E-state index in [9.17, 15) is 15.0 Å². The van der Waals surface area contributed by atoms with E-state index in [-0.39, 0.29) is 11.3 Å². The first kappa shape index (κ1) is 20.7. The fraction of sp³-hybridized carbons (Fsp3) is 0.958. The Labute approximate surface area is 170 Å². The van der Waals surface area contributed by atoms with Crippen molar-refractivity contribution in [3.63, 3.8) is 0 Å². The second kappa shape index (κ2) is 7.27. The molecule has 0 aromatic rings. The largest absolute Gasteiger partial charge is 0.481 e. The molecule has 0 saturated heterocycles. The Bertz CT molecular complexity index is 605. The molecule has 28 heavy (non-hydrogen) atoms. The van der Waals surface area contributed by atoms with E-state index >= 15 is 0 Å². The molecule has 4 saturated carbocycles. The molecule has 0 spiro atoms. The standard InChI is InChI=1S/C24H40O4/c1-4-24-13-12-23(27,15-28-5-2)14-16(24)6-7-17-18-8-9-20(21(25)26)22(18,3)11-10-19(17)24/h16-20,27H,4-15H2,1-3H3,(H,25,26)/t16-,17-,18-,19-,20+,22-,23+,24-/m0/s1. The minimum Gasteiger partial charge on any atom is -0.481 e. The lowest BCUT2D eigenvalue weighted by molar-refractivity contribution is -0.176. The average Bonchev–Trinajstić information content (AvgIpc) is 3.03. The van der Waals surface area contributed by atoms with Crippen LogP contribution in [0.25, 0.3) is 0 Å². The molecule has 0 bridgehead atoms. The summed E-state index contributed by atoms with van der Waals surface area (Å²) in [5, 5.41) is 20.9. The van der Waals surface area contributed by atoms with Crippen molar-refractivity contribution in [3.8, 4) is 0 Å². The molecule has 8 atom stereocenters. The Kier molecular flexibility index (Phi) is 5.36. The van der Waals surface area contributed by atoms with Crippen LogP contribution in [0, 0.1) is 40.4 Å². The number of fused-ring (bicyclic) bond motifs is 5. The summed E-state index contributed by atoms with van der Waals surface area (Å²) in [5.41, 5.74) is -0.291. The Morgan fingerprint density at radius 3 is 2.50 bits per heavy atom. The van der Waals surface area contributed by atoms with Gasteiger partial charge in [0.1, 0.15) is 0 Å². The van der Waals surface area contributed by atoms with Gasteiger partial charge in [0, 0.05) is 6.61 Å². The highest BCUT2D eigenvalue weighted by atomic mass is 16.5. The Hall–Kier alpha value is -0.610. The van der Waals surface area contributed by atoms with E-state index in [1.807, 2.05) is 6.92 Å².